The molecule has 1 heterocycles. The van der Waals surface area contributed by atoms with E-state index in [4.69, 9.17) is 0 Å². The van der Waals surface area contributed by atoms with Crippen molar-refractivity contribution < 1.29 is 8.78 Å². The molecular formula is C16H20F2N2S. The molecule has 0 aliphatic rings. The maximum Gasteiger partial charge on any atom is 0.130 e. The van der Waals surface area contributed by atoms with Crippen LogP contribution in [0.25, 0.3) is 0 Å². The van der Waals surface area contributed by atoms with E-state index in [9.17, 15) is 8.78 Å². The van der Waals surface area contributed by atoms with Gasteiger partial charge in [0.15, 0.2) is 0 Å². The van der Waals surface area contributed by atoms with Crippen LogP contribution in [0.3, 0.4) is 0 Å². The number of benzene rings is 1. The van der Waals surface area contributed by atoms with Crippen molar-refractivity contribution in [3.63, 3.8) is 0 Å². The Morgan fingerprint density at radius 1 is 1.24 bits per heavy atom. The Kier molecular flexibility index (Phi) is 4.74. The Morgan fingerprint density at radius 3 is 2.33 bits per heavy atom. The monoisotopic (exact) mass is 310 g/mol. The van der Waals surface area contributed by atoms with Gasteiger partial charge < -0.3 is 5.32 Å². The van der Waals surface area contributed by atoms with Gasteiger partial charge in [0.1, 0.15) is 11.6 Å². The molecule has 0 aliphatic heterocycles. The van der Waals surface area contributed by atoms with Gasteiger partial charge in [0.2, 0.25) is 0 Å². The van der Waals surface area contributed by atoms with Gasteiger partial charge in [0.25, 0.3) is 0 Å². The molecule has 2 nitrogen and oxygen atoms in total. The summed E-state index contributed by atoms with van der Waals surface area (Å²) < 4.78 is 27.8. The number of nitrogens with one attached hydrogen (secondary N) is 1. The highest BCUT2D eigenvalue weighted by atomic mass is 32.1. The fourth-order valence-electron chi connectivity index (χ4n) is 2.12. The lowest BCUT2D eigenvalue weighted by atomic mass is 9.93. The molecule has 21 heavy (non-hydrogen) atoms. The molecule has 0 bridgehead atoms. The smallest absolute Gasteiger partial charge is 0.130 e. The number of hydrogen-bond donors (Lipinski definition) is 1. The zero-order chi connectivity index (χ0) is 15.6. The van der Waals surface area contributed by atoms with Crippen LogP contribution >= 0.6 is 11.3 Å². The van der Waals surface area contributed by atoms with E-state index in [0.717, 1.165) is 10.7 Å². The molecule has 1 unspecified atom stereocenters. The Bertz CT molecular complexity index is 597. The maximum atomic E-state index is 13.9. The normalized spacial score (nSPS) is 13.4. The van der Waals surface area contributed by atoms with E-state index in [1.807, 2.05) is 5.38 Å². The minimum absolute atomic E-state index is 0.0207. The first-order valence-electron chi connectivity index (χ1n) is 6.89. The number of hydrogen-bond acceptors (Lipinski definition) is 3. The van der Waals surface area contributed by atoms with Crippen molar-refractivity contribution in [3.8, 4) is 0 Å². The predicted octanol–water partition coefficient (Wildman–Crippen LogP) is 4.22. The first-order valence-corrected chi connectivity index (χ1v) is 7.77. The van der Waals surface area contributed by atoms with E-state index in [2.05, 4.69) is 31.1 Å². The lowest BCUT2D eigenvalue weighted by molar-refractivity contribution is 0.487. The molecular weight excluding hydrogens is 290 g/mol. The van der Waals surface area contributed by atoms with Crippen LogP contribution < -0.4 is 5.32 Å². The first-order chi connectivity index (χ1) is 9.82. The number of rotatable bonds is 4. The molecule has 1 atom stereocenters. The van der Waals surface area contributed by atoms with Crippen molar-refractivity contribution in [2.75, 3.05) is 7.05 Å². The van der Waals surface area contributed by atoms with Gasteiger partial charge >= 0.3 is 0 Å². The van der Waals surface area contributed by atoms with Crippen molar-refractivity contribution in [2.45, 2.75) is 38.6 Å². The lowest BCUT2D eigenvalue weighted by Crippen LogP contribution is -2.21. The van der Waals surface area contributed by atoms with Crippen LogP contribution in [-0.4, -0.2) is 12.0 Å². The zero-order valence-electron chi connectivity index (χ0n) is 12.7. The van der Waals surface area contributed by atoms with E-state index in [1.54, 1.807) is 7.05 Å². The lowest BCUT2D eigenvalue weighted by Gasteiger charge is -2.17. The molecule has 0 saturated heterocycles. The van der Waals surface area contributed by atoms with Gasteiger partial charge in [-0.1, -0.05) is 26.8 Å². The quantitative estimate of drug-likeness (QED) is 0.914. The molecule has 5 heteroatoms. The Hall–Kier alpha value is -1.33. The second kappa shape index (κ2) is 6.20. The fourth-order valence-corrected chi connectivity index (χ4v) is 3.18. The van der Waals surface area contributed by atoms with Crippen LogP contribution in [-0.2, 0) is 11.8 Å². The zero-order valence-corrected chi connectivity index (χ0v) is 13.5. The Labute approximate surface area is 128 Å². The van der Waals surface area contributed by atoms with Crippen LogP contribution in [0.1, 0.15) is 43.1 Å². The second-order valence-electron chi connectivity index (χ2n) is 6.06. The Morgan fingerprint density at radius 2 is 1.86 bits per heavy atom. The first kappa shape index (κ1) is 16.0. The highest BCUT2D eigenvalue weighted by Crippen LogP contribution is 2.28. The van der Waals surface area contributed by atoms with Gasteiger partial charge in [-0.25, -0.2) is 13.8 Å². The number of thiazole rings is 1. The van der Waals surface area contributed by atoms with Crippen LogP contribution in [0.5, 0.6) is 0 Å². The summed E-state index contributed by atoms with van der Waals surface area (Å²) in [5, 5.41) is 5.87. The number of aromatic nitrogens is 1. The van der Waals surface area contributed by atoms with Crippen molar-refractivity contribution >= 4 is 11.3 Å². The van der Waals surface area contributed by atoms with Gasteiger partial charge in [-0.15, -0.1) is 11.3 Å². The van der Waals surface area contributed by atoms with Gasteiger partial charge in [-0.05, 0) is 19.2 Å². The molecule has 0 amide bonds. The average Bonchev–Trinajstić information content (AvgIpc) is 2.85. The molecule has 2 rings (SSSR count). The molecule has 114 valence electrons. The summed E-state index contributed by atoms with van der Waals surface area (Å²) in [7, 11) is 1.70. The van der Waals surface area contributed by atoms with Crippen LogP contribution in [0, 0.1) is 11.6 Å². The van der Waals surface area contributed by atoms with E-state index in [1.165, 1.54) is 29.5 Å². The largest absolute Gasteiger partial charge is 0.312 e. The molecule has 1 N–H and O–H groups in total. The minimum atomic E-state index is -0.526. The van der Waals surface area contributed by atoms with E-state index in [-0.39, 0.29) is 11.0 Å². The van der Waals surface area contributed by atoms with E-state index in [0.29, 0.717) is 6.42 Å². The molecule has 0 aliphatic carbocycles. The molecule has 0 spiro atoms. The highest BCUT2D eigenvalue weighted by molar-refractivity contribution is 7.09. The topological polar surface area (TPSA) is 24.9 Å². The van der Waals surface area contributed by atoms with E-state index >= 15 is 0 Å². The number of likely N-dealkylation sites (N-methyl/N-ethyl adjacent to an activating group) is 1. The minimum Gasteiger partial charge on any atom is -0.312 e. The molecule has 2 aromatic rings. The summed E-state index contributed by atoms with van der Waals surface area (Å²) in [5.74, 6) is -1.05. The summed E-state index contributed by atoms with van der Waals surface area (Å²) in [4.78, 5) is 4.59. The third kappa shape index (κ3) is 3.66. The van der Waals surface area contributed by atoms with Crippen LogP contribution in [0.2, 0.25) is 0 Å². The van der Waals surface area contributed by atoms with Crippen LogP contribution in [0.15, 0.2) is 23.6 Å². The summed E-state index contributed by atoms with van der Waals surface area (Å²) in [6.07, 6.45) is 0.467. The number of nitrogens with zero attached hydrogens (tertiary/aromatic N) is 1. The third-order valence-corrected chi connectivity index (χ3v) is 4.27. The number of halogens is 2. The van der Waals surface area contributed by atoms with Crippen LogP contribution in [0.4, 0.5) is 8.78 Å². The van der Waals surface area contributed by atoms with Crippen molar-refractivity contribution in [1.82, 2.24) is 10.3 Å². The maximum absolute atomic E-state index is 13.9. The molecule has 1 aromatic heterocycles. The summed E-state index contributed by atoms with van der Waals surface area (Å²) >= 11 is 1.53. The van der Waals surface area contributed by atoms with E-state index < -0.39 is 17.7 Å². The van der Waals surface area contributed by atoms with Crippen molar-refractivity contribution in [1.29, 1.82) is 0 Å². The second-order valence-corrected chi connectivity index (χ2v) is 7.00. The highest BCUT2D eigenvalue weighted by Gasteiger charge is 2.22. The third-order valence-electron chi connectivity index (χ3n) is 3.40. The molecule has 0 fully saturated rings. The van der Waals surface area contributed by atoms with Crippen molar-refractivity contribution in [3.05, 3.63) is 51.5 Å². The predicted molar refractivity (Wildman–Crippen MR) is 82.7 cm³/mol. The van der Waals surface area contributed by atoms with Gasteiger partial charge in [0.05, 0.1) is 10.7 Å². The molecule has 1 aromatic carbocycles. The van der Waals surface area contributed by atoms with Crippen molar-refractivity contribution in [2.24, 2.45) is 0 Å². The van der Waals surface area contributed by atoms with Gasteiger partial charge in [0, 0.05) is 28.8 Å². The SMILES string of the molecule is CNC(Cc1nc(C(C)(C)C)cs1)c1c(F)cccc1F. The summed E-state index contributed by atoms with van der Waals surface area (Å²) in [6.45, 7) is 6.29. The standard InChI is InChI=1S/C16H20F2N2S/c1-16(2,3)13-9-21-14(20-13)8-12(19-4)15-10(17)6-5-7-11(15)18/h5-7,9,12,19H,8H2,1-4H3. The van der Waals surface area contributed by atoms with Gasteiger partial charge in [-0.3, -0.25) is 0 Å². The molecule has 0 radical (unpaired) electrons. The summed E-state index contributed by atoms with van der Waals surface area (Å²) in [6, 6.07) is 3.52. The summed E-state index contributed by atoms with van der Waals surface area (Å²) in [5.41, 5.74) is 1.06. The average molecular weight is 310 g/mol. The fraction of sp³-hybridized carbons (Fsp3) is 0.438. The van der Waals surface area contributed by atoms with Gasteiger partial charge in [-0.2, -0.15) is 0 Å². The molecule has 0 saturated carbocycles. The Balaban J connectivity index is 2.26.